The van der Waals surface area contributed by atoms with Crippen LogP contribution in [-0.4, -0.2) is 17.3 Å². The van der Waals surface area contributed by atoms with Crippen LogP contribution in [-0.2, 0) is 4.79 Å². The number of carbonyl (C=O) groups is 1. The van der Waals surface area contributed by atoms with Crippen LogP contribution in [0, 0.1) is 0 Å². The Morgan fingerprint density at radius 2 is 2.14 bits per heavy atom. The number of rotatable bonds is 4. The van der Waals surface area contributed by atoms with Gasteiger partial charge in [0.05, 0.1) is 5.75 Å². The molecule has 0 heterocycles. The molecule has 1 nitrogen and oxygen atoms in total. The average Bonchev–Trinajstić information content (AvgIpc) is 2.13. The SMILES string of the molecule is CCSCC(=O)C1=CCCCCCC1. The van der Waals surface area contributed by atoms with Crippen molar-refractivity contribution in [1.82, 2.24) is 0 Å². The van der Waals surface area contributed by atoms with Crippen molar-refractivity contribution in [2.75, 3.05) is 11.5 Å². The summed E-state index contributed by atoms with van der Waals surface area (Å²) in [6.07, 6.45) is 9.40. The summed E-state index contributed by atoms with van der Waals surface area (Å²) in [5.74, 6) is 2.10. The van der Waals surface area contributed by atoms with Gasteiger partial charge in [-0.2, -0.15) is 11.8 Å². The zero-order valence-corrected chi connectivity index (χ0v) is 9.87. The normalized spacial score (nSPS) is 18.2. The van der Waals surface area contributed by atoms with Crippen LogP contribution in [0.2, 0.25) is 0 Å². The number of carbonyl (C=O) groups excluding carboxylic acids is 1. The smallest absolute Gasteiger partial charge is 0.168 e. The highest BCUT2D eigenvalue weighted by molar-refractivity contribution is 7.99. The lowest BCUT2D eigenvalue weighted by Crippen LogP contribution is -2.07. The van der Waals surface area contributed by atoms with Crippen molar-refractivity contribution in [1.29, 1.82) is 0 Å². The van der Waals surface area contributed by atoms with E-state index in [1.54, 1.807) is 11.8 Å². The minimum Gasteiger partial charge on any atom is -0.294 e. The molecule has 14 heavy (non-hydrogen) atoms. The van der Waals surface area contributed by atoms with Gasteiger partial charge in [0.1, 0.15) is 0 Å². The second-order valence-electron chi connectivity index (χ2n) is 3.74. The maximum atomic E-state index is 11.7. The maximum Gasteiger partial charge on any atom is 0.168 e. The lowest BCUT2D eigenvalue weighted by atomic mass is 9.98. The molecule has 0 atom stereocenters. The number of allylic oxidation sites excluding steroid dienone is 2. The second-order valence-corrected chi connectivity index (χ2v) is 5.02. The average molecular weight is 212 g/mol. The van der Waals surface area contributed by atoms with Crippen LogP contribution in [0.15, 0.2) is 11.6 Å². The second kappa shape index (κ2) is 7.10. The molecule has 0 bridgehead atoms. The predicted molar refractivity (Wildman–Crippen MR) is 63.8 cm³/mol. The van der Waals surface area contributed by atoms with Crippen molar-refractivity contribution in [3.8, 4) is 0 Å². The third kappa shape index (κ3) is 4.32. The van der Waals surface area contributed by atoms with Crippen LogP contribution in [0.25, 0.3) is 0 Å². The van der Waals surface area contributed by atoms with E-state index < -0.39 is 0 Å². The zero-order chi connectivity index (χ0) is 10.2. The van der Waals surface area contributed by atoms with E-state index in [-0.39, 0.29) is 0 Å². The van der Waals surface area contributed by atoms with Gasteiger partial charge in [0, 0.05) is 0 Å². The fraction of sp³-hybridized carbons (Fsp3) is 0.750. The van der Waals surface area contributed by atoms with Gasteiger partial charge in [-0.1, -0.05) is 25.8 Å². The summed E-state index contributed by atoms with van der Waals surface area (Å²) in [4.78, 5) is 11.7. The van der Waals surface area contributed by atoms with Crippen molar-refractivity contribution in [2.24, 2.45) is 0 Å². The van der Waals surface area contributed by atoms with Crippen LogP contribution < -0.4 is 0 Å². The van der Waals surface area contributed by atoms with Gasteiger partial charge in [-0.05, 0) is 37.0 Å². The molecule has 0 saturated carbocycles. The Morgan fingerprint density at radius 1 is 1.36 bits per heavy atom. The van der Waals surface area contributed by atoms with E-state index >= 15 is 0 Å². The Labute approximate surface area is 91.3 Å². The molecule has 1 aliphatic rings. The van der Waals surface area contributed by atoms with Crippen molar-refractivity contribution >= 4 is 17.5 Å². The zero-order valence-electron chi connectivity index (χ0n) is 9.05. The number of hydrogen-bond acceptors (Lipinski definition) is 2. The molecule has 1 rings (SSSR count). The van der Waals surface area contributed by atoms with Crippen LogP contribution in [0.4, 0.5) is 0 Å². The minimum atomic E-state index is 0.374. The maximum absolute atomic E-state index is 11.7. The fourth-order valence-corrected chi connectivity index (χ4v) is 2.31. The van der Waals surface area contributed by atoms with E-state index in [0.717, 1.165) is 24.2 Å². The highest BCUT2D eigenvalue weighted by atomic mass is 32.2. The molecule has 0 unspecified atom stereocenters. The topological polar surface area (TPSA) is 17.1 Å². The molecule has 0 radical (unpaired) electrons. The standard InChI is InChI=1S/C12H20OS/c1-2-14-10-12(13)11-8-6-4-3-5-7-9-11/h8H,2-7,9-10H2,1H3. The van der Waals surface area contributed by atoms with Gasteiger partial charge in [0.2, 0.25) is 0 Å². The number of hydrogen-bond donors (Lipinski definition) is 0. The van der Waals surface area contributed by atoms with E-state index in [0.29, 0.717) is 11.5 Å². The first-order chi connectivity index (χ1) is 6.84. The highest BCUT2D eigenvalue weighted by Gasteiger charge is 2.10. The quantitative estimate of drug-likeness (QED) is 0.708. The molecular formula is C12H20OS. The summed E-state index contributed by atoms with van der Waals surface area (Å²) in [6.45, 7) is 2.10. The summed E-state index contributed by atoms with van der Waals surface area (Å²) in [5.41, 5.74) is 1.10. The monoisotopic (exact) mass is 212 g/mol. The highest BCUT2D eigenvalue weighted by Crippen LogP contribution is 2.18. The number of ketones is 1. The molecule has 0 aromatic rings. The van der Waals surface area contributed by atoms with E-state index in [1.807, 2.05) is 0 Å². The molecular weight excluding hydrogens is 192 g/mol. The van der Waals surface area contributed by atoms with Gasteiger partial charge < -0.3 is 0 Å². The summed E-state index contributed by atoms with van der Waals surface area (Å²) in [6, 6.07) is 0. The lowest BCUT2D eigenvalue weighted by Gasteiger charge is -2.09. The van der Waals surface area contributed by atoms with Crippen LogP contribution >= 0.6 is 11.8 Å². The first kappa shape index (κ1) is 11.8. The van der Waals surface area contributed by atoms with Gasteiger partial charge in [-0.3, -0.25) is 4.79 Å². The Kier molecular flexibility index (Phi) is 6.00. The summed E-state index contributed by atoms with van der Waals surface area (Å²) in [7, 11) is 0. The molecule has 0 aromatic heterocycles. The number of thioether (sulfide) groups is 1. The predicted octanol–water partition coefficient (Wildman–Crippen LogP) is 3.59. The third-order valence-electron chi connectivity index (χ3n) is 2.59. The molecule has 2 heteroatoms. The van der Waals surface area contributed by atoms with Gasteiger partial charge in [0.15, 0.2) is 5.78 Å². The fourth-order valence-electron chi connectivity index (χ4n) is 1.73. The first-order valence-corrected chi connectivity index (χ1v) is 6.80. The van der Waals surface area contributed by atoms with E-state index in [1.165, 1.54) is 25.7 Å². The summed E-state index contributed by atoms with van der Waals surface area (Å²) in [5, 5.41) is 0. The van der Waals surface area contributed by atoms with Crippen LogP contribution in [0.1, 0.15) is 45.4 Å². The van der Waals surface area contributed by atoms with Crippen molar-refractivity contribution in [2.45, 2.75) is 45.4 Å². The molecule has 1 aliphatic carbocycles. The minimum absolute atomic E-state index is 0.374. The molecule has 0 saturated heterocycles. The van der Waals surface area contributed by atoms with Crippen LogP contribution in [0.5, 0.6) is 0 Å². The Morgan fingerprint density at radius 3 is 2.93 bits per heavy atom. The Hall–Kier alpha value is -0.240. The molecule has 0 N–H and O–H groups in total. The largest absolute Gasteiger partial charge is 0.294 e. The van der Waals surface area contributed by atoms with Gasteiger partial charge in [-0.25, -0.2) is 0 Å². The van der Waals surface area contributed by atoms with Gasteiger partial charge in [0.25, 0.3) is 0 Å². The van der Waals surface area contributed by atoms with E-state index in [4.69, 9.17) is 0 Å². The molecule has 0 aliphatic heterocycles. The Bertz CT molecular complexity index is 208. The first-order valence-electron chi connectivity index (χ1n) is 5.64. The number of Topliss-reactive ketones (excluding diaryl/α,β-unsaturated/α-hetero) is 1. The van der Waals surface area contributed by atoms with Gasteiger partial charge >= 0.3 is 0 Å². The third-order valence-corrected chi connectivity index (χ3v) is 3.46. The van der Waals surface area contributed by atoms with E-state index in [2.05, 4.69) is 13.0 Å². The van der Waals surface area contributed by atoms with Crippen molar-refractivity contribution in [3.05, 3.63) is 11.6 Å². The van der Waals surface area contributed by atoms with Crippen molar-refractivity contribution < 1.29 is 4.79 Å². The molecule has 0 aromatic carbocycles. The summed E-state index contributed by atoms with van der Waals surface area (Å²) < 4.78 is 0. The van der Waals surface area contributed by atoms with E-state index in [9.17, 15) is 4.79 Å². The molecule has 0 fully saturated rings. The lowest BCUT2D eigenvalue weighted by molar-refractivity contribution is -0.113. The molecule has 80 valence electrons. The summed E-state index contributed by atoms with van der Waals surface area (Å²) >= 11 is 1.73. The molecule has 0 amide bonds. The van der Waals surface area contributed by atoms with Crippen molar-refractivity contribution in [3.63, 3.8) is 0 Å². The molecule has 0 spiro atoms. The Balaban J connectivity index is 2.42. The van der Waals surface area contributed by atoms with Gasteiger partial charge in [-0.15, -0.1) is 0 Å². The van der Waals surface area contributed by atoms with Crippen LogP contribution in [0.3, 0.4) is 0 Å².